The van der Waals surface area contributed by atoms with E-state index in [4.69, 9.17) is 4.74 Å². The summed E-state index contributed by atoms with van der Waals surface area (Å²) in [6.45, 7) is 3.82. The molecule has 2 heterocycles. The highest BCUT2D eigenvalue weighted by molar-refractivity contribution is 6.10. The Morgan fingerprint density at radius 1 is 0.943 bits per heavy atom. The van der Waals surface area contributed by atoms with Crippen LogP contribution in [-0.4, -0.2) is 67.5 Å². The monoisotopic (exact) mass is 472 g/mol. The van der Waals surface area contributed by atoms with Gasteiger partial charge in [-0.1, -0.05) is 42.5 Å². The third-order valence-electron chi connectivity index (χ3n) is 6.97. The van der Waals surface area contributed by atoms with Gasteiger partial charge in [0.05, 0.1) is 7.11 Å². The van der Waals surface area contributed by atoms with Crippen LogP contribution in [0.3, 0.4) is 0 Å². The van der Waals surface area contributed by atoms with Crippen molar-refractivity contribution in [3.63, 3.8) is 0 Å². The molecular formula is C27H28N4O4. The Morgan fingerprint density at radius 3 is 2.34 bits per heavy atom. The molecule has 35 heavy (non-hydrogen) atoms. The molecule has 2 aliphatic heterocycles. The van der Waals surface area contributed by atoms with E-state index >= 15 is 0 Å². The number of benzene rings is 3. The van der Waals surface area contributed by atoms with Crippen molar-refractivity contribution in [1.29, 1.82) is 0 Å². The number of hydrogen-bond donors (Lipinski definition) is 1. The summed E-state index contributed by atoms with van der Waals surface area (Å²) >= 11 is 0. The predicted octanol–water partition coefficient (Wildman–Crippen LogP) is 2.96. The summed E-state index contributed by atoms with van der Waals surface area (Å²) in [5.74, 6) is 0.153. The van der Waals surface area contributed by atoms with E-state index in [-0.39, 0.29) is 12.5 Å². The Labute approximate surface area is 204 Å². The second kappa shape index (κ2) is 8.94. The summed E-state index contributed by atoms with van der Waals surface area (Å²) in [7, 11) is 1.63. The highest BCUT2D eigenvalue weighted by atomic mass is 16.5. The number of methoxy groups -OCH3 is 1. The van der Waals surface area contributed by atoms with Gasteiger partial charge in [-0.05, 0) is 47.5 Å². The van der Waals surface area contributed by atoms with E-state index in [1.807, 2.05) is 66.7 Å². The lowest BCUT2D eigenvalue weighted by Gasteiger charge is -2.36. The zero-order valence-corrected chi connectivity index (χ0v) is 19.9. The molecule has 2 fully saturated rings. The fourth-order valence-corrected chi connectivity index (χ4v) is 4.93. The minimum absolute atomic E-state index is 0.231. The van der Waals surface area contributed by atoms with E-state index in [2.05, 4.69) is 10.2 Å². The van der Waals surface area contributed by atoms with Crippen molar-refractivity contribution in [1.82, 2.24) is 15.1 Å². The molecule has 0 aliphatic carbocycles. The Bertz CT molecular complexity index is 1280. The molecule has 0 radical (unpaired) electrons. The van der Waals surface area contributed by atoms with Gasteiger partial charge in [0, 0.05) is 31.9 Å². The van der Waals surface area contributed by atoms with Crippen LogP contribution in [0.5, 0.6) is 5.75 Å². The lowest BCUT2D eigenvalue weighted by molar-refractivity contribution is -0.139. The maximum atomic E-state index is 13.4. The number of amides is 4. The molecule has 2 aliphatic rings. The summed E-state index contributed by atoms with van der Waals surface area (Å²) in [6, 6.07) is 20.7. The molecule has 0 unspecified atom stereocenters. The number of hydrogen-bond acceptors (Lipinski definition) is 5. The second-order valence-corrected chi connectivity index (χ2v) is 9.04. The Kier molecular flexibility index (Phi) is 5.80. The van der Waals surface area contributed by atoms with Gasteiger partial charge in [-0.2, -0.15) is 0 Å². The number of imide groups is 1. The first kappa shape index (κ1) is 22.7. The molecule has 4 amide bonds. The maximum Gasteiger partial charge on any atom is 0.325 e. The number of rotatable bonds is 5. The first-order valence-electron chi connectivity index (χ1n) is 11.7. The smallest absolute Gasteiger partial charge is 0.325 e. The minimum atomic E-state index is -1.23. The first-order chi connectivity index (χ1) is 16.9. The van der Waals surface area contributed by atoms with Crippen molar-refractivity contribution >= 4 is 34.3 Å². The van der Waals surface area contributed by atoms with E-state index in [0.717, 1.165) is 32.7 Å². The average Bonchev–Trinajstić information content (AvgIpc) is 3.12. The normalized spacial score (nSPS) is 20.3. The molecule has 3 aromatic rings. The Balaban J connectivity index is 1.26. The van der Waals surface area contributed by atoms with Crippen LogP contribution in [0.15, 0.2) is 66.7 Å². The van der Waals surface area contributed by atoms with E-state index in [0.29, 0.717) is 26.2 Å². The second-order valence-electron chi connectivity index (χ2n) is 9.04. The molecule has 3 aromatic carbocycles. The van der Waals surface area contributed by atoms with Gasteiger partial charge in [0.15, 0.2) is 0 Å². The van der Waals surface area contributed by atoms with Crippen LogP contribution in [0.25, 0.3) is 10.8 Å². The highest BCUT2D eigenvalue weighted by Crippen LogP contribution is 2.34. The number of fused-ring (bicyclic) bond motifs is 1. The summed E-state index contributed by atoms with van der Waals surface area (Å²) in [6.07, 6.45) is 0. The topological polar surface area (TPSA) is 82.2 Å². The molecule has 1 atom stereocenters. The number of nitrogens with one attached hydrogen (secondary N) is 1. The van der Waals surface area contributed by atoms with Gasteiger partial charge in [0.2, 0.25) is 5.91 Å². The van der Waals surface area contributed by atoms with Gasteiger partial charge in [-0.15, -0.1) is 0 Å². The number of ether oxygens (including phenoxy) is 1. The number of anilines is 1. The SMILES string of the molecule is COc1ccc(N2CCN(C(=O)CN3C(=O)N[C@](C)(c4cccc5ccccc45)C3=O)CC2)cc1. The minimum Gasteiger partial charge on any atom is -0.497 e. The lowest BCUT2D eigenvalue weighted by Crippen LogP contribution is -2.52. The van der Waals surface area contributed by atoms with Crippen molar-refractivity contribution in [2.75, 3.05) is 44.7 Å². The van der Waals surface area contributed by atoms with Crippen LogP contribution in [0.1, 0.15) is 12.5 Å². The zero-order chi connectivity index (χ0) is 24.6. The average molecular weight is 473 g/mol. The summed E-state index contributed by atoms with van der Waals surface area (Å²) < 4.78 is 5.21. The van der Waals surface area contributed by atoms with Crippen molar-refractivity contribution in [2.24, 2.45) is 0 Å². The molecule has 0 saturated carbocycles. The van der Waals surface area contributed by atoms with Crippen LogP contribution in [0, 0.1) is 0 Å². The molecule has 8 heteroatoms. The van der Waals surface area contributed by atoms with E-state index in [1.165, 1.54) is 0 Å². The third kappa shape index (κ3) is 4.05. The number of piperazine rings is 1. The molecule has 5 rings (SSSR count). The van der Waals surface area contributed by atoms with Gasteiger partial charge in [0.25, 0.3) is 5.91 Å². The van der Waals surface area contributed by atoms with Crippen molar-refractivity contribution in [3.8, 4) is 5.75 Å². The molecule has 1 N–H and O–H groups in total. The van der Waals surface area contributed by atoms with E-state index in [1.54, 1.807) is 18.9 Å². The molecular weight excluding hydrogens is 444 g/mol. The quantitative estimate of drug-likeness (QED) is 0.578. The van der Waals surface area contributed by atoms with Crippen molar-refractivity contribution in [2.45, 2.75) is 12.5 Å². The summed E-state index contributed by atoms with van der Waals surface area (Å²) in [4.78, 5) is 44.3. The summed E-state index contributed by atoms with van der Waals surface area (Å²) in [5, 5.41) is 4.71. The molecule has 0 aromatic heterocycles. The van der Waals surface area contributed by atoms with Crippen molar-refractivity contribution in [3.05, 3.63) is 72.3 Å². The zero-order valence-electron chi connectivity index (χ0n) is 19.9. The van der Waals surface area contributed by atoms with Gasteiger partial charge in [-0.25, -0.2) is 4.79 Å². The summed E-state index contributed by atoms with van der Waals surface area (Å²) in [5.41, 5.74) is 0.556. The van der Waals surface area contributed by atoms with Gasteiger partial charge >= 0.3 is 6.03 Å². The van der Waals surface area contributed by atoms with Gasteiger partial charge in [-0.3, -0.25) is 14.5 Å². The van der Waals surface area contributed by atoms with Gasteiger partial charge in [0.1, 0.15) is 17.8 Å². The lowest BCUT2D eigenvalue weighted by atomic mass is 9.88. The predicted molar refractivity (Wildman–Crippen MR) is 133 cm³/mol. The number of nitrogens with zero attached hydrogens (tertiary/aromatic N) is 3. The van der Waals surface area contributed by atoms with Crippen LogP contribution >= 0.6 is 0 Å². The van der Waals surface area contributed by atoms with Crippen LogP contribution < -0.4 is 15.0 Å². The molecule has 2 saturated heterocycles. The van der Waals surface area contributed by atoms with Gasteiger partial charge < -0.3 is 19.9 Å². The molecule has 0 bridgehead atoms. The fourth-order valence-electron chi connectivity index (χ4n) is 4.93. The van der Waals surface area contributed by atoms with Crippen molar-refractivity contribution < 1.29 is 19.1 Å². The molecule has 180 valence electrons. The maximum absolute atomic E-state index is 13.4. The first-order valence-corrected chi connectivity index (χ1v) is 11.7. The number of carbonyl (C=O) groups is 3. The highest BCUT2D eigenvalue weighted by Gasteiger charge is 2.50. The van der Waals surface area contributed by atoms with Crippen LogP contribution in [0.2, 0.25) is 0 Å². The van der Waals surface area contributed by atoms with E-state index < -0.39 is 17.5 Å². The largest absolute Gasteiger partial charge is 0.497 e. The van der Waals surface area contributed by atoms with E-state index in [9.17, 15) is 14.4 Å². The molecule has 0 spiro atoms. The number of carbonyl (C=O) groups excluding carboxylic acids is 3. The Morgan fingerprint density at radius 2 is 1.63 bits per heavy atom. The van der Waals surface area contributed by atoms with Crippen LogP contribution in [0.4, 0.5) is 10.5 Å². The standard InChI is InChI=1S/C27H28N4O4/c1-27(23-9-5-7-19-6-3-4-8-22(19)23)25(33)31(26(34)28-27)18-24(32)30-16-14-29(15-17-30)20-10-12-21(35-2)13-11-20/h3-13H,14-18H2,1-2H3,(H,28,34)/t27-/m1/s1. The number of urea groups is 1. The Hall–Kier alpha value is -4.07. The molecule has 8 nitrogen and oxygen atoms in total. The fraction of sp³-hybridized carbons (Fsp3) is 0.296. The van der Waals surface area contributed by atoms with Crippen LogP contribution in [-0.2, 0) is 15.1 Å². The third-order valence-corrected chi connectivity index (χ3v) is 6.97.